The van der Waals surface area contributed by atoms with E-state index in [1.165, 1.54) is 12.2 Å². The molecule has 244 valence electrons. The van der Waals surface area contributed by atoms with Gasteiger partial charge in [0.05, 0.1) is 13.2 Å². The molecule has 0 spiro atoms. The lowest BCUT2D eigenvalue weighted by atomic mass is 9.99. The maximum absolute atomic E-state index is 12.5. The highest BCUT2D eigenvalue weighted by Gasteiger charge is 2.44. The van der Waals surface area contributed by atoms with E-state index in [1.807, 2.05) is 0 Å². The Morgan fingerprint density at radius 2 is 1.35 bits per heavy atom. The quantitative estimate of drug-likeness (QED) is 0.0601. The number of hydrogen-bond donors (Lipinski definition) is 9. The van der Waals surface area contributed by atoms with Crippen LogP contribution in [0.1, 0.15) is 52.4 Å². The average molecular weight is 615 g/mol. The number of hydrogen-bond acceptors (Lipinski definition) is 11. The van der Waals surface area contributed by atoms with E-state index in [-0.39, 0.29) is 43.4 Å². The fraction of sp³-hybridized carbons (Fsp3) is 0.714. The molecule has 0 unspecified atom stereocenters. The predicted octanol–water partition coefficient (Wildman–Crippen LogP) is -2.76. The van der Waals surface area contributed by atoms with E-state index in [2.05, 4.69) is 21.3 Å². The summed E-state index contributed by atoms with van der Waals surface area (Å²) in [5.41, 5.74) is 1.43. The first-order chi connectivity index (χ1) is 20.5. The molecular formula is C28H46N4O11. The SMILES string of the molecule is C/C(=C\C(=O)NCCC[C@H]1NC(=O)[C@@H](CCCNC(=O)/C=C(\C)CCO[C@H]2O[C@@H](CO)[C@@H](O)[C@@H](O)[C@H]2O)NC1=O)CCO. The molecule has 2 saturated heterocycles. The van der Waals surface area contributed by atoms with Gasteiger partial charge in [0, 0.05) is 31.8 Å². The number of ether oxygens (including phenoxy) is 2. The van der Waals surface area contributed by atoms with Crippen molar-refractivity contribution in [2.24, 2.45) is 0 Å². The maximum atomic E-state index is 12.5. The summed E-state index contributed by atoms with van der Waals surface area (Å²) in [6.07, 6.45) is -1.67. The first-order valence-corrected chi connectivity index (χ1v) is 14.5. The molecule has 0 aromatic carbocycles. The Balaban J connectivity index is 1.62. The van der Waals surface area contributed by atoms with Crippen LogP contribution in [0.25, 0.3) is 0 Å². The Bertz CT molecular complexity index is 1000. The van der Waals surface area contributed by atoms with Crippen molar-refractivity contribution in [2.75, 3.05) is 32.9 Å². The van der Waals surface area contributed by atoms with Crippen molar-refractivity contribution < 1.29 is 54.2 Å². The third-order valence-corrected chi connectivity index (χ3v) is 7.09. The van der Waals surface area contributed by atoms with E-state index in [0.717, 1.165) is 5.57 Å². The molecule has 15 heteroatoms. The number of rotatable bonds is 17. The van der Waals surface area contributed by atoms with Gasteiger partial charge in [0.2, 0.25) is 23.6 Å². The van der Waals surface area contributed by atoms with Gasteiger partial charge in [-0.1, -0.05) is 11.1 Å². The summed E-state index contributed by atoms with van der Waals surface area (Å²) in [6.45, 7) is 3.53. The molecular weight excluding hydrogens is 568 g/mol. The van der Waals surface area contributed by atoms with Gasteiger partial charge >= 0.3 is 0 Å². The van der Waals surface area contributed by atoms with Gasteiger partial charge in [0.15, 0.2) is 6.29 Å². The molecule has 2 aliphatic heterocycles. The van der Waals surface area contributed by atoms with Crippen molar-refractivity contribution in [1.29, 1.82) is 0 Å². The third kappa shape index (κ3) is 12.3. The highest BCUT2D eigenvalue weighted by Crippen LogP contribution is 2.22. The second-order valence-electron chi connectivity index (χ2n) is 10.8. The number of nitrogens with one attached hydrogen (secondary N) is 4. The van der Waals surface area contributed by atoms with Crippen LogP contribution in [0, 0.1) is 0 Å². The van der Waals surface area contributed by atoms with Crippen LogP contribution >= 0.6 is 0 Å². The molecule has 0 aromatic heterocycles. The second kappa shape index (κ2) is 18.7. The Morgan fingerprint density at radius 1 is 0.837 bits per heavy atom. The number of carbonyl (C=O) groups is 4. The number of amides is 4. The van der Waals surface area contributed by atoms with Gasteiger partial charge in [-0.3, -0.25) is 19.2 Å². The minimum absolute atomic E-state index is 0.0312. The van der Waals surface area contributed by atoms with Crippen molar-refractivity contribution in [3.63, 3.8) is 0 Å². The summed E-state index contributed by atoms with van der Waals surface area (Å²) in [6, 6.07) is -1.40. The van der Waals surface area contributed by atoms with E-state index in [0.29, 0.717) is 50.6 Å². The van der Waals surface area contributed by atoms with Crippen molar-refractivity contribution in [3.8, 4) is 0 Å². The lowest BCUT2D eigenvalue weighted by molar-refractivity contribution is -0.300. The Morgan fingerprint density at radius 3 is 1.84 bits per heavy atom. The number of carbonyl (C=O) groups excluding carboxylic acids is 4. The molecule has 0 saturated carbocycles. The van der Waals surface area contributed by atoms with Gasteiger partial charge < -0.3 is 56.3 Å². The first kappa shape index (κ1) is 36.3. The van der Waals surface area contributed by atoms with Gasteiger partial charge in [-0.05, 0) is 52.4 Å². The fourth-order valence-electron chi connectivity index (χ4n) is 4.53. The molecule has 0 aromatic rings. The van der Waals surface area contributed by atoms with Gasteiger partial charge in [-0.2, -0.15) is 0 Å². The topological polar surface area (TPSA) is 236 Å². The van der Waals surface area contributed by atoms with E-state index >= 15 is 0 Å². The summed E-state index contributed by atoms with van der Waals surface area (Å²) in [5, 5.41) is 58.6. The monoisotopic (exact) mass is 614 g/mol. The van der Waals surface area contributed by atoms with Gasteiger partial charge in [-0.15, -0.1) is 0 Å². The van der Waals surface area contributed by atoms with Gasteiger partial charge in [0.25, 0.3) is 0 Å². The lowest BCUT2D eigenvalue weighted by Crippen LogP contribution is -2.61. The molecule has 9 N–H and O–H groups in total. The summed E-state index contributed by atoms with van der Waals surface area (Å²) in [7, 11) is 0. The third-order valence-electron chi connectivity index (χ3n) is 7.09. The Kier molecular flexibility index (Phi) is 15.8. The lowest BCUT2D eigenvalue weighted by Gasteiger charge is -2.39. The molecule has 2 aliphatic rings. The maximum Gasteiger partial charge on any atom is 0.243 e. The molecule has 2 fully saturated rings. The van der Waals surface area contributed by atoms with Crippen LogP contribution in [0.15, 0.2) is 23.3 Å². The van der Waals surface area contributed by atoms with Crippen LogP contribution in [0.4, 0.5) is 0 Å². The molecule has 4 amide bonds. The predicted molar refractivity (Wildman–Crippen MR) is 152 cm³/mol. The van der Waals surface area contributed by atoms with Crippen molar-refractivity contribution in [1.82, 2.24) is 21.3 Å². The fourth-order valence-corrected chi connectivity index (χ4v) is 4.53. The molecule has 15 nitrogen and oxygen atoms in total. The minimum atomic E-state index is -1.53. The average Bonchev–Trinajstić information content (AvgIpc) is 2.95. The summed E-state index contributed by atoms with van der Waals surface area (Å²) >= 11 is 0. The molecule has 7 atom stereocenters. The zero-order valence-electron chi connectivity index (χ0n) is 24.7. The zero-order chi connectivity index (χ0) is 31.9. The van der Waals surface area contributed by atoms with E-state index in [9.17, 15) is 39.6 Å². The summed E-state index contributed by atoms with van der Waals surface area (Å²) in [4.78, 5) is 48.9. The molecule has 2 heterocycles. The number of aliphatic hydroxyl groups excluding tert-OH is 5. The normalized spacial score (nSPS) is 28.2. The minimum Gasteiger partial charge on any atom is -0.396 e. The Hall–Kier alpha value is -2.92. The molecule has 0 aliphatic carbocycles. The molecule has 0 radical (unpaired) electrons. The second-order valence-corrected chi connectivity index (χ2v) is 10.8. The van der Waals surface area contributed by atoms with Crippen LogP contribution in [0.3, 0.4) is 0 Å². The van der Waals surface area contributed by atoms with Crippen LogP contribution in [-0.4, -0.2) is 125 Å². The van der Waals surface area contributed by atoms with Crippen LogP contribution in [-0.2, 0) is 28.7 Å². The van der Waals surface area contributed by atoms with E-state index in [1.54, 1.807) is 13.8 Å². The largest absolute Gasteiger partial charge is 0.396 e. The standard InChI is InChI=1S/C28H46N4O11/c1-16(7-11-33)13-21(35)29-9-3-5-18-26(40)32-19(27(41)31-18)6-4-10-30-22(36)14-17(2)8-12-42-28-25(39)24(38)23(37)20(15-34)43-28/h13-14,18-20,23-25,28,33-34,37-39H,3-12,15H2,1-2H3,(H,29,35)(H,30,36)(H,31,41)(H,32,40)/b16-13+,17-14+/t18-,19-,20+,23-,24-,25-,28+/m1/s1. The molecule has 0 bridgehead atoms. The van der Waals surface area contributed by atoms with Crippen molar-refractivity contribution >= 4 is 23.6 Å². The zero-order valence-corrected chi connectivity index (χ0v) is 24.7. The van der Waals surface area contributed by atoms with E-state index in [4.69, 9.17) is 14.6 Å². The first-order valence-electron chi connectivity index (χ1n) is 14.5. The number of piperazine rings is 1. The smallest absolute Gasteiger partial charge is 0.243 e. The van der Waals surface area contributed by atoms with Crippen molar-refractivity contribution in [2.45, 2.75) is 95.2 Å². The highest BCUT2D eigenvalue weighted by molar-refractivity contribution is 5.96. The Labute approximate surface area is 250 Å². The summed E-state index contributed by atoms with van der Waals surface area (Å²) < 4.78 is 10.7. The van der Waals surface area contributed by atoms with E-state index < -0.39 is 49.4 Å². The van der Waals surface area contributed by atoms with Crippen LogP contribution in [0.2, 0.25) is 0 Å². The van der Waals surface area contributed by atoms with Crippen LogP contribution in [0.5, 0.6) is 0 Å². The molecule has 2 rings (SSSR count). The van der Waals surface area contributed by atoms with Gasteiger partial charge in [0.1, 0.15) is 36.5 Å². The summed E-state index contributed by atoms with van der Waals surface area (Å²) in [5.74, 6) is -1.24. The number of aliphatic hydroxyl groups is 5. The molecule has 43 heavy (non-hydrogen) atoms. The van der Waals surface area contributed by atoms with Gasteiger partial charge in [-0.25, -0.2) is 0 Å². The highest BCUT2D eigenvalue weighted by atomic mass is 16.7. The van der Waals surface area contributed by atoms with Crippen molar-refractivity contribution in [3.05, 3.63) is 23.3 Å². The van der Waals surface area contributed by atoms with Crippen LogP contribution < -0.4 is 21.3 Å².